The molecule has 1 unspecified atom stereocenters. The Bertz CT molecular complexity index is 772. The van der Waals surface area contributed by atoms with Gasteiger partial charge in [-0.05, 0) is 36.7 Å². The maximum atomic E-state index is 11.6. The molecule has 4 heteroatoms. The molecular formula is C22H25NO3. The topological polar surface area (TPSA) is 49.8 Å². The summed E-state index contributed by atoms with van der Waals surface area (Å²) in [5.74, 6) is -0.00342. The molecule has 0 amide bonds. The molecule has 1 N–H and O–H groups in total. The fourth-order valence-electron chi connectivity index (χ4n) is 3.59. The number of carboxylic acids is 1. The van der Waals surface area contributed by atoms with E-state index >= 15 is 0 Å². The van der Waals surface area contributed by atoms with Crippen LogP contribution in [0.1, 0.15) is 24.0 Å². The van der Waals surface area contributed by atoms with Gasteiger partial charge in [-0.1, -0.05) is 54.6 Å². The van der Waals surface area contributed by atoms with Crippen LogP contribution in [-0.4, -0.2) is 36.1 Å². The number of aliphatic carboxylic acids is 1. The summed E-state index contributed by atoms with van der Waals surface area (Å²) < 4.78 is 5.95. The van der Waals surface area contributed by atoms with E-state index in [1.54, 1.807) is 0 Å². The Labute approximate surface area is 154 Å². The standard InChI is InChI=1S/C22H25NO3/c1-23-13-6-5-12-22(17-23,15-21(24)25)19-10-7-11-20(14-19)26-16-18-8-3-2-4-9-18/h2-11,14H,12-13,15-17H2,1H3,(H,24,25). The van der Waals surface area contributed by atoms with Crippen molar-refractivity contribution in [3.05, 3.63) is 77.9 Å². The molecule has 3 rings (SSSR count). The third kappa shape index (κ3) is 4.52. The van der Waals surface area contributed by atoms with Gasteiger partial charge in [0.15, 0.2) is 0 Å². The normalized spacial score (nSPS) is 20.5. The van der Waals surface area contributed by atoms with Gasteiger partial charge >= 0.3 is 5.97 Å². The van der Waals surface area contributed by atoms with Crippen LogP contribution in [0.5, 0.6) is 5.75 Å². The average Bonchev–Trinajstić information content (AvgIpc) is 2.82. The number of nitrogens with zero attached hydrogens (tertiary/aromatic N) is 1. The monoisotopic (exact) mass is 351 g/mol. The number of rotatable bonds is 6. The highest BCUT2D eigenvalue weighted by molar-refractivity contribution is 5.69. The molecule has 1 aliphatic heterocycles. The number of hydrogen-bond acceptors (Lipinski definition) is 3. The Morgan fingerprint density at radius 1 is 1.15 bits per heavy atom. The first-order chi connectivity index (χ1) is 12.6. The Morgan fingerprint density at radius 3 is 2.73 bits per heavy atom. The smallest absolute Gasteiger partial charge is 0.304 e. The number of benzene rings is 2. The van der Waals surface area contributed by atoms with Crippen LogP contribution >= 0.6 is 0 Å². The number of hydrogen-bond donors (Lipinski definition) is 1. The summed E-state index contributed by atoms with van der Waals surface area (Å²) in [6, 6.07) is 17.9. The number of allylic oxidation sites excluding steroid dienone is 1. The minimum Gasteiger partial charge on any atom is -0.489 e. The molecule has 4 nitrogen and oxygen atoms in total. The van der Waals surface area contributed by atoms with Crippen molar-refractivity contribution in [3.8, 4) is 5.75 Å². The summed E-state index contributed by atoms with van der Waals surface area (Å²) in [6.07, 6.45) is 5.03. The van der Waals surface area contributed by atoms with Crippen molar-refractivity contribution < 1.29 is 14.6 Å². The second kappa shape index (κ2) is 8.19. The lowest BCUT2D eigenvalue weighted by atomic mass is 9.74. The van der Waals surface area contributed by atoms with Crippen molar-refractivity contribution in [2.45, 2.75) is 24.9 Å². The van der Waals surface area contributed by atoms with Gasteiger partial charge in [-0.15, -0.1) is 0 Å². The van der Waals surface area contributed by atoms with Gasteiger partial charge in [0.05, 0.1) is 6.42 Å². The zero-order valence-corrected chi connectivity index (χ0v) is 15.1. The second-order valence-electron chi connectivity index (χ2n) is 7.03. The van der Waals surface area contributed by atoms with Crippen LogP contribution in [0.3, 0.4) is 0 Å². The first-order valence-corrected chi connectivity index (χ1v) is 8.90. The predicted molar refractivity (Wildman–Crippen MR) is 102 cm³/mol. The zero-order chi connectivity index (χ0) is 18.4. The number of ether oxygens (including phenoxy) is 1. The van der Waals surface area contributed by atoms with Crippen LogP contribution in [0.2, 0.25) is 0 Å². The molecule has 0 saturated heterocycles. The van der Waals surface area contributed by atoms with Gasteiger partial charge in [0.1, 0.15) is 12.4 Å². The van der Waals surface area contributed by atoms with Crippen LogP contribution < -0.4 is 4.74 Å². The Morgan fingerprint density at radius 2 is 1.96 bits per heavy atom. The van der Waals surface area contributed by atoms with Crippen LogP contribution in [0.4, 0.5) is 0 Å². The van der Waals surface area contributed by atoms with Gasteiger partial charge in [0.25, 0.3) is 0 Å². The molecule has 0 fully saturated rings. The van der Waals surface area contributed by atoms with Crippen molar-refractivity contribution in [3.63, 3.8) is 0 Å². The first-order valence-electron chi connectivity index (χ1n) is 8.90. The summed E-state index contributed by atoms with van der Waals surface area (Å²) in [6.45, 7) is 2.04. The van der Waals surface area contributed by atoms with Crippen LogP contribution in [0, 0.1) is 0 Å². The van der Waals surface area contributed by atoms with E-state index < -0.39 is 11.4 Å². The van der Waals surface area contributed by atoms with E-state index in [9.17, 15) is 9.90 Å². The highest BCUT2D eigenvalue weighted by Gasteiger charge is 2.36. The van der Waals surface area contributed by atoms with E-state index in [1.807, 2.05) is 61.6 Å². The molecule has 0 bridgehead atoms. The highest BCUT2D eigenvalue weighted by Crippen LogP contribution is 2.36. The maximum Gasteiger partial charge on any atom is 0.304 e. The summed E-state index contributed by atoms with van der Waals surface area (Å²) in [5, 5.41) is 9.52. The van der Waals surface area contributed by atoms with Crippen LogP contribution in [0.25, 0.3) is 0 Å². The van der Waals surface area contributed by atoms with E-state index in [0.717, 1.165) is 23.4 Å². The van der Waals surface area contributed by atoms with Crippen molar-refractivity contribution in [1.82, 2.24) is 4.90 Å². The largest absolute Gasteiger partial charge is 0.489 e. The zero-order valence-electron chi connectivity index (χ0n) is 15.1. The minimum atomic E-state index is -0.774. The molecule has 2 aromatic rings. The number of carboxylic acid groups (broad SMARTS) is 1. The third-order valence-electron chi connectivity index (χ3n) is 4.85. The molecule has 2 aromatic carbocycles. The molecule has 0 aromatic heterocycles. The molecule has 136 valence electrons. The van der Waals surface area contributed by atoms with Gasteiger partial charge in [-0.25, -0.2) is 0 Å². The minimum absolute atomic E-state index is 0.101. The average molecular weight is 351 g/mol. The maximum absolute atomic E-state index is 11.6. The lowest BCUT2D eigenvalue weighted by Crippen LogP contribution is -2.39. The van der Waals surface area contributed by atoms with Crippen LogP contribution in [0.15, 0.2) is 66.7 Å². The molecular weight excluding hydrogens is 326 g/mol. The molecule has 1 atom stereocenters. The van der Waals surface area contributed by atoms with Crippen molar-refractivity contribution in [1.29, 1.82) is 0 Å². The van der Waals surface area contributed by atoms with Gasteiger partial charge in [0, 0.05) is 18.5 Å². The molecule has 0 radical (unpaired) electrons. The summed E-state index contributed by atoms with van der Waals surface area (Å²) in [7, 11) is 2.03. The van der Waals surface area contributed by atoms with E-state index in [1.165, 1.54) is 0 Å². The second-order valence-corrected chi connectivity index (χ2v) is 7.03. The number of likely N-dealkylation sites (N-methyl/N-ethyl adjacent to an activating group) is 1. The quantitative estimate of drug-likeness (QED) is 0.803. The van der Waals surface area contributed by atoms with Gasteiger partial charge < -0.3 is 14.7 Å². The van der Waals surface area contributed by atoms with Crippen molar-refractivity contribution in [2.24, 2.45) is 0 Å². The molecule has 0 spiro atoms. The van der Waals surface area contributed by atoms with E-state index in [4.69, 9.17) is 4.74 Å². The number of carbonyl (C=O) groups is 1. The van der Waals surface area contributed by atoms with E-state index in [-0.39, 0.29) is 6.42 Å². The fourth-order valence-corrected chi connectivity index (χ4v) is 3.59. The lowest BCUT2D eigenvalue weighted by Gasteiger charge is -2.34. The fraction of sp³-hybridized carbons (Fsp3) is 0.318. The third-order valence-corrected chi connectivity index (χ3v) is 4.85. The Hall–Kier alpha value is -2.59. The summed E-state index contributed by atoms with van der Waals surface area (Å²) >= 11 is 0. The summed E-state index contributed by atoms with van der Waals surface area (Å²) in [4.78, 5) is 13.8. The molecule has 1 aliphatic rings. The van der Waals surface area contributed by atoms with Crippen molar-refractivity contribution in [2.75, 3.05) is 20.1 Å². The Kier molecular flexibility index (Phi) is 5.74. The van der Waals surface area contributed by atoms with Crippen LogP contribution in [-0.2, 0) is 16.8 Å². The van der Waals surface area contributed by atoms with Gasteiger partial charge in [-0.3, -0.25) is 4.79 Å². The lowest BCUT2D eigenvalue weighted by molar-refractivity contribution is -0.138. The first kappa shape index (κ1) is 18.2. The molecule has 0 aliphatic carbocycles. The van der Waals surface area contributed by atoms with E-state index in [2.05, 4.69) is 17.1 Å². The molecule has 1 heterocycles. The molecule has 0 saturated carbocycles. The Balaban J connectivity index is 1.85. The van der Waals surface area contributed by atoms with Crippen molar-refractivity contribution >= 4 is 5.97 Å². The SMILES string of the molecule is CN1CC=CCC(CC(=O)O)(c2cccc(OCc3ccccc3)c2)C1. The van der Waals surface area contributed by atoms with E-state index in [0.29, 0.717) is 19.6 Å². The predicted octanol–water partition coefficient (Wildman–Crippen LogP) is 3.87. The molecule has 26 heavy (non-hydrogen) atoms. The van der Waals surface area contributed by atoms with Gasteiger partial charge in [0.2, 0.25) is 0 Å². The highest BCUT2D eigenvalue weighted by atomic mass is 16.5. The van der Waals surface area contributed by atoms with Gasteiger partial charge in [-0.2, -0.15) is 0 Å². The summed E-state index contributed by atoms with van der Waals surface area (Å²) in [5.41, 5.74) is 1.68.